The summed E-state index contributed by atoms with van der Waals surface area (Å²) in [6, 6.07) is 0. The molecule has 2 N–H and O–H groups in total. The van der Waals surface area contributed by atoms with Crippen molar-refractivity contribution in [2.45, 2.75) is 26.7 Å². The monoisotopic (exact) mass is 292 g/mol. The summed E-state index contributed by atoms with van der Waals surface area (Å²) in [5, 5.41) is 18.2. The van der Waals surface area contributed by atoms with Gasteiger partial charge in [-0.1, -0.05) is 13.8 Å². The Bertz CT molecular complexity index is 283. The minimum atomic E-state index is -1.11. The Morgan fingerprint density at radius 2 is 1.17 bits per heavy atom. The van der Waals surface area contributed by atoms with Gasteiger partial charge in [-0.3, -0.25) is 0 Å². The third-order valence-electron chi connectivity index (χ3n) is 2.28. The normalized spacial score (nSPS) is 12.1. The van der Waals surface area contributed by atoms with Crippen LogP contribution in [0.5, 0.6) is 0 Å². The molecule has 0 aliphatic carbocycles. The fourth-order valence-electron chi connectivity index (χ4n) is 1.41. The van der Waals surface area contributed by atoms with Crippen molar-refractivity contribution >= 4 is 35.5 Å². The highest BCUT2D eigenvalue weighted by Crippen LogP contribution is 2.19. The lowest BCUT2D eigenvalue weighted by Gasteiger charge is -2.08. The lowest BCUT2D eigenvalue weighted by Crippen LogP contribution is -2.13. The van der Waals surface area contributed by atoms with Gasteiger partial charge in [0, 0.05) is 11.1 Å². The Morgan fingerprint density at radius 3 is 1.39 bits per heavy atom. The summed E-state index contributed by atoms with van der Waals surface area (Å²) in [5.74, 6) is 0.893. The third kappa shape index (κ3) is 6.96. The van der Waals surface area contributed by atoms with Crippen LogP contribution in [0, 0.1) is 0 Å². The van der Waals surface area contributed by atoms with Crippen LogP contribution in [0.3, 0.4) is 0 Å². The molecule has 0 radical (unpaired) electrons. The summed E-state index contributed by atoms with van der Waals surface area (Å²) in [5.41, 5.74) is 0.111. The van der Waals surface area contributed by atoms with Crippen molar-refractivity contribution in [2.75, 3.05) is 23.0 Å². The molecule has 0 spiro atoms. The van der Waals surface area contributed by atoms with Gasteiger partial charge in [0.1, 0.15) is 0 Å². The van der Waals surface area contributed by atoms with Gasteiger partial charge in [-0.2, -0.15) is 23.5 Å². The van der Waals surface area contributed by atoms with Crippen molar-refractivity contribution < 1.29 is 19.8 Å². The largest absolute Gasteiger partial charge is 0.478 e. The number of carboxylic acids is 2. The zero-order chi connectivity index (χ0) is 14.0. The lowest BCUT2D eigenvalue weighted by atomic mass is 10.0. The summed E-state index contributed by atoms with van der Waals surface area (Å²) >= 11 is 3.23. The summed E-state index contributed by atoms with van der Waals surface area (Å²) in [7, 11) is 0. The molecule has 0 rings (SSSR count). The van der Waals surface area contributed by atoms with Crippen LogP contribution in [-0.4, -0.2) is 45.2 Å². The first-order valence-corrected chi connectivity index (χ1v) is 8.19. The number of carbonyl (C=O) groups is 2. The predicted molar refractivity (Wildman–Crippen MR) is 77.5 cm³/mol. The highest BCUT2D eigenvalue weighted by Gasteiger charge is 2.19. The van der Waals surface area contributed by atoms with Gasteiger partial charge in [-0.05, 0) is 35.9 Å². The van der Waals surface area contributed by atoms with E-state index in [1.54, 1.807) is 23.5 Å². The van der Waals surface area contributed by atoms with E-state index in [9.17, 15) is 9.59 Å². The zero-order valence-corrected chi connectivity index (χ0v) is 12.4. The first kappa shape index (κ1) is 17.4. The van der Waals surface area contributed by atoms with E-state index in [4.69, 9.17) is 10.2 Å². The number of hydrogen-bond acceptors (Lipinski definition) is 4. The Balaban J connectivity index is 4.80. The van der Waals surface area contributed by atoms with Gasteiger partial charge in [0.25, 0.3) is 0 Å². The van der Waals surface area contributed by atoms with E-state index < -0.39 is 11.9 Å². The maximum atomic E-state index is 11.1. The van der Waals surface area contributed by atoms with Gasteiger partial charge in [0.15, 0.2) is 0 Å². The molecule has 104 valence electrons. The SMILES string of the molecule is CCSCCC(C(=O)O)=C(CCSCC)C(=O)O. The summed E-state index contributed by atoms with van der Waals surface area (Å²) < 4.78 is 0. The molecule has 0 aliphatic heterocycles. The van der Waals surface area contributed by atoms with E-state index in [-0.39, 0.29) is 11.1 Å². The average Bonchev–Trinajstić information content (AvgIpc) is 2.31. The van der Waals surface area contributed by atoms with Gasteiger partial charge in [-0.25, -0.2) is 9.59 Å². The number of rotatable bonds is 10. The lowest BCUT2D eigenvalue weighted by molar-refractivity contribution is -0.136. The molecule has 0 unspecified atom stereocenters. The molecule has 0 aromatic heterocycles. The average molecular weight is 292 g/mol. The molecule has 0 fully saturated rings. The van der Waals surface area contributed by atoms with Crippen molar-refractivity contribution in [3.8, 4) is 0 Å². The molecule has 0 bridgehead atoms. The fourth-order valence-corrected chi connectivity index (χ4v) is 2.69. The summed E-state index contributed by atoms with van der Waals surface area (Å²) in [6.07, 6.45) is 0.624. The van der Waals surface area contributed by atoms with Crippen molar-refractivity contribution in [3.05, 3.63) is 11.1 Å². The third-order valence-corrected chi connectivity index (χ3v) is 4.08. The van der Waals surface area contributed by atoms with E-state index in [2.05, 4.69) is 0 Å². The first-order valence-electron chi connectivity index (χ1n) is 5.88. The van der Waals surface area contributed by atoms with Crippen molar-refractivity contribution in [1.82, 2.24) is 0 Å². The van der Waals surface area contributed by atoms with Gasteiger partial charge in [0.05, 0.1) is 0 Å². The highest BCUT2D eigenvalue weighted by molar-refractivity contribution is 7.99. The quantitative estimate of drug-likeness (QED) is 0.476. The molecule has 0 amide bonds. The highest BCUT2D eigenvalue weighted by atomic mass is 32.2. The van der Waals surface area contributed by atoms with E-state index in [1.807, 2.05) is 13.8 Å². The molecule has 18 heavy (non-hydrogen) atoms. The molecule has 0 saturated carbocycles. The molecule has 6 heteroatoms. The Morgan fingerprint density at radius 1 is 0.833 bits per heavy atom. The van der Waals surface area contributed by atoms with Crippen LogP contribution in [0.15, 0.2) is 11.1 Å². The molecular formula is C12H20O4S2. The number of thioether (sulfide) groups is 2. The number of aliphatic carboxylic acids is 2. The maximum absolute atomic E-state index is 11.1. The van der Waals surface area contributed by atoms with Crippen LogP contribution in [0.2, 0.25) is 0 Å². The first-order chi connectivity index (χ1) is 8.54. The molecule has 0 aromatic rings. The van der Waals surface area contributed by atoms with Gasteiger partial charge >= 0.3 is 11.9 Å². The fraction of sp³-hybridized carbons (Fsp3) is 0.667. The number of carboxylic acid groups (broad SMARTS) is 2. The van der Waals surface area contributed by atoms with E-state index >= 15 is 0 Å². The zero-order valence-electron chi connectivity index (χ0n) is 10.8. The summed E-state index contributed by atoms with van der Waals surface area (Å²) in [6.45, 7) is 3.98. The molecule has 0 aromatic carbocycles. The van der Waals surface area contributed by atoms with Crippen molar-refractivity contribution in [2.24, 2.45) is 0 Å². The van der Waals surface area contributed by atoms with Crippen LogP contribution in [0.25, 0.3) is 0 Å². The molecular weight excluding hydrogens is 272 g/mol. The standard InChI is InChI=1S/C12H20O4S2/c1-3-17-7-5-9(11(13)14)10(12(15)16)6-8-18-4-2/h3-8H2,1-2H3,(H,13,14)(H,15,16). The van der Waals surface area contributed by atoms with E-state index in [1.165, 1.54) is 0 Å². The van der Waals surface area contributed by atoms with Crippen LogP contribution < -0.4 is 0 Å². The molecule has 0 aliphatic rings. The van der Waals surface area contributed by atoms with Crippen LogP contribution >= 0.6 is 23.5 Å². The van der Waals surface area contributed by atoms with Gasteiger partial charge in [-0.15, -0.1) is 0 Å². The molecule has 0 atom stereocenters. The second kappa shape index (κ2) is 10.3. The second-order valence-electron chi connectivity index (χ2n) is 3.46. The van der Waals surface area contributed by atoms with Crippen molar-refractivity contribution in [3.63, 3.8) is 0 Å². The predicted octanol–water partition coefficient (Wildman–Crippen LogP) is 2.74. The molecule has 4 nitrogen and oxygen atoms in total. The Hall–Kier alpha value is -0.620. The molecule has 0 heterocycles. The molecule has 0 saturated heterocycles. The van der Waals surface area contributed by atoms with Crippen LogP contribution in [-0.2, 0) is 9.59 Å². The van der Waals surface area contributed by atoms with Crippen molar-refractivity contribution in [1.29, 1.82) is 0 Å². The topological polar surface area (TPSA) is 74.6 Å². The number of hydrogen-bond donors (Lipinski definition) is 2. The van der Waals surface area contributed by atoms with Crippen LogP contribution in [0.1, 0.15) is 26.7 Å². The summed E-state index contributed by atoms with van der Waals surface area (Å²) in [4.78, 5) is 22.3. The van der Waals surface area contributed by atoms with Crippen LogP contribution in [0.4, 0.5) is 0 Å². The van der Waals surface area contributed by atoms with E-state index in [0.717, 1.165) is 11.5 Å². The minimum Gasteiger partial charge on any atom is -0.478 e. The van der Waals surface area contributed by atoms with Gasteiger partial charge < -0.3 is 10.2 Å². The second-order valence-corrected chi connectivity index (χ2v) is 6.25. The minimum absolute atomic E-state index is 0.0557. The Labute approximate surface area is 116 Å². The van der Waals surface area contributed by atoms with E-state index in [0.29, 0.717) is 24.3 Å². The van der Waals surface area contributed by atoms with Gasteiger partial charge in [0.2, 0.25) is 0 Å². The maximum Gasteiger partial charge on any atom is 0.332 e. The smallest absolute Gasteiger partial charge is 0.332 e. The Kier molecular flexibility index (Phi) is 9.96.